The molecule has 0 radical (unpaired) electrons. The van der Waals surface area contributed by atoms with Gasteiger partial charge in [-0.25, -0.2) is 0 Å². The van der Waals surface area contributed by atoms with Crippen LogP contribution in [0, 0.1) is 0 Å². The highest BCUT2D eigenvalue weighted by atomic mass is 35.5. The van der Waals surface area contributed by atoms with Crippen LogP contribution in [0.5, 0.6) is 5.75 Å². The number of alkyl halides is 18. The molecule has 0 spiro atoms. The second kappa shape index (κ2) is 12.7. The van der Waals surface area contributed by atoms with E-state index in [1.54, 1.807) is 54.6 Å². The maximum atomic E-state index is 14.4. The molecular formula is C30H20ClF17O. The van der Waals surface area contributed by atoms with Crippen LogP contribution in [0.3, 0.4) is 0 Å². The van der Waals surface area contributed by atoms with Gasteiger partial charge in [0.15, 0.2) is 0 Å². The van der Waals surface area contributed by atoms with Crippen molar-refractivity contribution in [2.75, 3.05) is 7.11 Å². The molecular weight excluding hydrogens is 735 g/mol. The first kappa shape index (κ1) is 40.0. The van der Waals surface area contributed by atoms with Gasteiger partial charge in [0.2, 0.25) is 0 Å². The van der Waals surface area contributed by atoms with E-state index in [1.807, 2.05) is 0 Å². The largest absolute Gasteiger partial charge is 0.497 e. The van der Waals surface area contributed by atoms with Crippen molar-refractivity contribution in [1.29, 1.82) is 0 Å². The van der Waals surface area contributed by atoms with Gasteiger partial charge in [-0.15, -0.1) is 11.6 Å². The summed E-state index contributed by atoms with van der Waals surface area (Å²) in [5.74, 6) is -56.1. The lowest BCUT2D eigenvalue weighted by atomic mass is 9.83. The van der Waals surface area contributed by atoms with E-state index in [9.17, 15) is 74.6 Å². The van der Waals surface area contributed by atoms with Gasteiger partial charge in [0.1, 0.15) is 10.6 Å². The van der Waals surface area contributed by atoms with Crippen molar-refractivity contribution >= 4 is 11.6 Å². The summed E-state index contributed by atoms with van der Waals surface area (Å²) in [6.07, 6.45) is -11.8. The Labute approximate surface area is 270 Å². The van der Waals surface area contributed by atoms with Gasteiger partial charge in [0, 0.05) is 6.42 Å². The number of ether oxygens (including phenoxy) is 1. The molecule has 1 atom stereocenters. The average Bonchev–Trinajstić information content (AvgIpc) is 3.03. The summed E-state index contributed by atoms with van der Waals surface area (Å²) in [4.78, 5) is -1.51. The van der Waals surface area contributed by atoms with E-state index >= 15 is 0 Å². The van der Waals surface area contributed by atoms with Crippen molar-refractivity contribution in [3.8, 4) is 5.75 Å². The van der Waals surface area contributed by atoms with Crippen LogP contribution in [0.2, 0.25) is 0 Å². The van der Waals surface area contributed by atoms with Gasteiger partial charge in [0.05, 0.1) is 7.11 Å². The second-order valence-electron chi connectivity index (χ2n) is 10.6. The van der Waals surface area contributed by atoms with Crippen LogP contribution in [-0.2, 0) is 11.3 Å². The molecule has 1 nitrogen and oxygen atoms in total. The lowest BCUT2D eigenvalue weighted by molar-refractivity contribution is -0.461. The number of hydrogen-bond donors (Lipinski definition) is 0. The summed E-state index contributed by atoms with van der Waals surface area (Å²) in [5.41, 5.74) is 0.715. The highest BCUT2D eigenvalue weighted by Gasteiger charge is 2.95. The van der Waals surface area contributed by atoms with Crippen LogP contribution in [0.4, 0.5) is 74.6 Å². The number of halogens is 18. The van der Waals surface area contributed by atoms with E-state index < -0.39 is 70.9 Å². The normalized spacial score (nSPS) is 15.6. The van der Waals surface area contributed by atoms with Gasteiger partial charge in [-0.05, 0) is 40.8 Å². The monoisotopic (exact) mass is 754 g/mol. The number of rotatable bonds is 13. The molecule has 0 aliphatic heterocycles. The van der Waals surface area contributed by atoms with Gasteiger partial charge >= 0.3 is 47.6 Å². The molecule has 0 heterocycles. The Balaban J connectivity index is 1.93. The Morgan fingerprint density at radius 2 is 0.837 bits per heavy atom. The molecule has 3 aromatic rings. The summed E-state index contributed by atoms with van der Waals surface area (Å²) in [6.45, 7) is 0. The van der Waals surface area contributed by atoms with Crippen molar-refractivity contribution in [2.45, 2.75) is 65.3 Å². The first-order chi connectivity index (χ1) is 22.1. The molecule has 19 heteroatoms. The zero-order chi connectivity index (χ0) is 37.7. The Morgan fingerprint density at radius 1 is 0.469 bits per heavy atom. The fraction of sp³-hybridized carbons (Fsp3) is 0.400. The van der Waals surface area contributed by atoms with E-state index in [2.05, 4.69) is 0 Å². The van der Waals surface area contributed by atoms with E-state index in [0.717, 1.165) is 12.1 Å². The number of benzene rings is 3. The Bertz CT molecular complexity index is 1570. The van der Waals surface area contributed by atoms with Crippen LogP contribution >= 0.6 is 11.6 Å². The highest BCUT2D eigenvalue weighted by Crippen LogP contribution is 2.64. The minimum absolute atomic E-state index is 0.219. The first-order valence-electron chi connectivity index (χ1n) is 13.3. The molecule has 0 aromatic heterocycles. The molecule has 3 rings (SSSR count). The van der Waals surface area contributed by atoms with Crippen molar-refractivity contribution in [3.05, 3.63) is 101 Å². The number of methoxy groups -OCH3 is 1. The molecule has 0 aliphatic rings. The standard InChI is InChI=1S/C30H20ClF17O/c1-49-21-13-11-20(12-14-21)23(31,18-5-3-2-4-6-18)19-9-7-17(8-10-19)15-16-22(32,33)24(34,35)25(36,37)26(38,39)27(40,41)28(42,43)29(44,45)30(46,47)48/h2-14H,15-16H2,1H3. The van der Waals surface area contributed by atoms with E-state index in [1.165, 1.54) is 19.2 Å². The van der Waals surface area contributed by atoms with Crippen molar-refractivity contribution in [1.82, 2.24) is 0 Å². The van der Waals surface area contributed by atoms with Crippen LogP contribution in [0.1, 0.15) is 28.7 Å². The third-order valence-electron chi connectivity index (χ3n) is 7.53. The van der Waals surface area contributed by atoms with Crippen molar-refractivity contribution in [2.24, 2.45) is 0 Å². The van der Waals surface area contributed by atoms with Crippen LogP contribution in [0.25, 0.3) is 0 Å². The lowest BCUT2D eigenvalue weighted by Gasteiger charge is -2.42. The van der Waals surface area contributed by atoms with Crippen molar-refractivity contribution < 1.29 is 79.4 Å². The Kier molecular flexibility index (Phi) is 10.4. The third kappa shape index (κ3) is 6.26. The third-order valence-corrected chi connectivity index (χ3v) is 8.18. The molecule has 272 valence electrons. The van der Waals surface area contributed by atoms with Gasteiger partial charge in [-0.2, -0.15) is 74.6 Å². The molecule has 3 aromatic carbocycles. The molecule has 0 bridgehead atoms. The minimum atomic E-state index is -8.66. The second-order valence-corrected chi connectivity index (χ2v) is 11.2. The van der Waals surface area contributed by atoms with E-state index in [-0.39, 0.29) is 5.56 Å². The summed E-state index contributed by atoms with van der Waals surface area (Å²) >= 11 is 7.05. The molecule has 1 unspecified atom stereocenters. The van der Waals surface area contributed by atoms with E-state index in [0.29, 0.717) is 16.9 Å². The fourth-order valence-electron chi connectivity index (χ4n) is 4.54. The highest BCUT2D eigenvalue weighted by molar-refractivity contribution is 6.28. The lowest BCUT2D eigenvalue weighted by Crippen LogP contribution is -2.74. The molecule has 0 N–H and O–H groups in total. The Hall–Kier alpha value is -3.44. The minimum Gasteiger partial charge on any atom is -0.497 e. The zero-order valence-corrected chi connectivity index (χ0v) is 24.9. The summed E-state index contributed by atoms with van der Waals surface area (Å²) < 4.78 is 236. The van der Waals surface area contributed by atoms with Crippen LogP contribution in [0.15, 0.2) is 78.9 Å². The summed E-state index contributed by atoms with van der Waals surface area (Å²) in [5, 5.41) is 0. The predicted molar refractivity (Wildman–Crippen MR) is 141 cm³/mol. The molecule has 0 saturated carbocycles. The van der Waals surface area contributed by atoms with Gasteiger partial charge in [-0.3, -0.25) is 0 Å². The number of aryl methyl sites for hydroxylation is 1. The zero-order valence-electron chi connectivity index (χ0n) is 24.1. The quantitative estimate of drug-likeness (QED) is 0.0959. The molecule has 0 aliphatic carbocycles. The van der Waals surface area contributed by atoms with Crippen LogP contribution < -0.4 is 4.74 Å². The fourth-order valence-corrected chi connectivity index (χ4v) is 4.92. The molecule has 0 amide bonds. The van der Waals surface area contributed by atoms with Crippen molar-refractivity contribution in [3.63, 3.8) is 0 Å². The molecule has 0 saturated heterocycles. The Morgan fingerprint density at radius 3 is 1.24 bits per heavy atom. The SMILES string of the molecule is COc1ccc(C(Cl)(c2ccccc2)c2ccc(CCC(F)(F)C(F)(F)C(F)(F)C(F)(F)C(F)(F)C(F)(F)C(F)(F)C(F)(F)F)cc2)cc1. The predicted octanol–water partition coefficient (Wildman–Crippen LogP) is 11.2. The van der Waals surface area contributed by atoms with E-state index in [4.69, 9.17) is 16.3 Å². The van der Waals surface area contributed by atoms with Gasteiger partial charge in [-0.1, -0.05) is 66.7 Å². The smallest absolute Gasteiger partial charge is 0.460 e. The summed E-state index contributed by atoms with van der Waals surface area (Å²) in [6, 6.07) is 18.6. The first-order valence-corrected chi connectivity index (χ1v) is 13.7. The average molecular weight is 755 g/mol. The topological polar surface area (TPSA) is 9.23 Å². The maximum absolute atomic E-state index is 14.4. The van der Waals surface area contributed by atoms with Crippen LogP contribution in [-0.4, -0.2) is 54.7 Å². The number of hydrogen-bond acceptors (Lipinski definition) is 1. The molecule has 0 fully saturated rings. The van der Waals surface area contributed by atoms with Gasteiger partial charge in [0.25, 0.3) is 0 Å². The van der Waals surface area contributed by atoms with Gasteiger partial charge < -0.3 is 4.74 Å². The maximum Gasteiger partial charge on any atom is 0.460 e. The molecule has 49 heavy (non-hydrogen) atoms. The summed E-state index contributed by atoms with van der Waals surface area (Å²) in [7, 11) is 1.39.